The number of aliphatic imine (C=N–C) groups is 1. The molecule has 0 saturated carbocycles. The zero-order valence-electron chi connectivity index (χ0n) is 5.64. The van der Waals surface area contributed by atoms with Gasteiger partial charge in [0.1, 0.15) is 5.82 Å². The van der Waals surface area contributed by atoms with Crippen molar-refractivity contribution < 1.29 is 4.39 Å². The molecule has 0 bridgehead atoms. The highest BCUT2D eigenvalue weighted by Crippen LogP contribution is 2.30. The van der Waals surface area contributed by atoms with Gasteiger partial charge in [-0.25, -0.2) is 4.39 Å². The predicted octanol–water partition coefficient (Wildman–Crippen LogP) is 3.98. The van der Waals surface area contributed by atoms with Crippen LogP contribution in [0.5, 0.6) is 0 Å². The number of halogens is 3. The fourth-order valence-corrected chi connectivity index (χ4v) is 1.27. The van der Waals surface area contributed by atoms with Crippen molar-refractivity contribution in [3.05, 3.63) is 27.4 Å². The second-order valence-corrected chi connectivity index (χ2v) is 3.36. The minimum atomic E-state index is -0.427. The molecule has 1 rings (SSSR count). The van der Waals surface area contributed by atoms with Crippen LogP contribution >= 0.6 is 39.7 Å². The zero-order valence-corrected chi connectivity index (χ0v) is 8.80. The first-order valence-electron chi connectivity index (χ1n) is 2.87. The molecule has 0 radical (unpaired) electrons. The summed E-state index contributed by atoms with van der Waals surface area (Å²) in [6.07, 6.45) is 0. The molecular formula is C7H2BrClFNS. The molecule has 0 fully saturated rings. The van der Waals surface area contributed by atoms with Crippen LogP contribution < -0.4 is 0 Å². The molecule has 1 aromatic rings. The van der Waals surface area contributed by atoms with Gasteiger partial charge in [-0.05, 0) is 40.3 Å². The lowest BCUT2D eigenvalue weighted by atomic mass is 10.3. The van der Waals surface area contributed by atoms with Crippen LogP contribution in [-0.4, -0.2) is 5.16 Å². The van der Waals surface area contributed by atoms with Crippen LogP contribution in [0.2, 0.25) is 5.02 Å². The van der Waals surface area contributed by atoms with E-state index in [4.69, 9.17) is 11.6 Å². The van der Waals surface area contributed by atoms with Crippen molar-refractivity contribution in [2.45, 2.75) is 0 Å². The number of benzene rings is 1. The SMILES string of the molecule is Fc1cc(Cl)c(N=C=S)cc1Br. The molecule has 0 aliphatic carbocycles. The van der Waals surface area contributed by atoms with Crippen LogP contribution in [0, 0.1) is 5.82 Å². The first-order chi connectivity index (χ1) is 5.65. The van der Waals surface area contributed by atoms with Gasteiger partial charge in [-0.2, -0.15) is 4.99 Å². The monoisotopic (exact) mass is 265 g/mol. The van der Waals surface area contributed by atoms with E-state index in [0.717, 1.165) is 6.07 Å². The lowest BCUT2D eigenvalue weighted by Crippen LogP contribution is -1.77. The summed E-state index contributed by atoms with van der Waals surface area (Å²) < 4.78 is 13.1. The molecule has 0 unspecified atom stereocenters. The van der Waals surface area contributed by atoms with Crippen molar-refractivity contribution in [3.8, 4) is 0 Å². The van der Waals surface area contributed by atoms with Gasteiger partial charge in [-0.3, -0.25) is 0 Å². The fraction of sp³-hybridized carbons (Fsp3) is 0. The number of hydrogen-bond donors (Lipinski definition) is 0. The van der Waals surface area contributed by atoms with Crippen LogP contribution in [0.25, 0.3) is 0 Å². The third kappa shape index (κ3) is 2.11. The van der Waals surface area contributed by atoms with E-state index in [1.165, 1.54) is 6.07 Å². The Bertz CT molecular complexity index is 363. The van der Waals surface area contributed by atoms with Crippen LogP contribution in [0.3, 0.4) is 0 Å². The molecule has 1 nitrogen and oxygen atoms in total. The molecule has 0 atom stereocenters. The molecule has 12 heavy (non-hydrogen) atoms. The summed E-state index contributed by atoms with van der Waals surface area (Å²) >= 11 is 13.0. The van der Waals surface area contributed by atoms with E-state index in [0.29, 0.717) is 10.2 Å². The summed E-state index contributed by atoms with van der Waals surface area (Å²) in [5.41, 5.74) is 0.403. The Morgan fingerprint density at radius 1 is 1.58 bits per heavy atom. The molecule has 0 saturated heterocycles. The van der Waals surface area contributed by atoms with E-state index >= 15 is 0 Å². The van der Waals surface area contributed by atoms with Gasteiger partial charge in [-0.1, -0.05) is 11.6 Å². The van der Waals surface area contributed by atoms with E-state index in [1.807, 2.05) is 0 Å². The maximum atomic E-state index is 12.8. The topological polar surface area (TPSA) is 12.4 Å². The Morgan fingerprint density at radius 2 is 2.25 bits per heavy atom. The highest BCUT2D eigenvalue weighted by atomic mass is 79.9. The van der Waals surface area contributed by atoms with Gasteiger partial charge < -0.3 is 0 Å². The van der Waals surface area contributed by atoms with Crippen LogP contribution in [0.4, 0.5) is 10.1 Å². The van der Waals surface area contributed by atoms with Crippen LogP contribution in [0.1, 0.15) is 0 Å². The second kappa shape index (κ2) is 4.10. The predicted molar refractivity (Wildman–Crippen MR) is 53.8 cm³/mol. The molecule has 1 aromatic carbocycles. The molecule has 0 aliphatic rings. The lowest BCUT2D eigenvalue weighted by molar-refractivity contribution is 0.621. The Hall–Kier alpha value is -0.280. The van der Waals surface area contributed by atoms with Gasteiger partial charge in [0.15, 0.2) is 0 Å². The van der Waals surface area contributed by atoms with Gasteiger partial charge in [0.05, 0.1) is 20.3 Å². The van der Waals surface area contributed by atoms with Gasteiger partial charge >= 0.3 is 0 Å². The van der Waals surface area contributed by atoms with E-state index in [1.54, 1.807) is 0 Å². The van der Waals surface area contributed by atoms with Gasteiger partial charge in [0.25, 0.3) is 0 Å². The first-order valence-corrected chi connectivity index (χ1v) is 4.45. The molecular weight excluding hydrogens is 265 g/mol. The fourth-order valence-electron chi connectivity index (χ4n) is 0.647. The number of hydrogen-bond acceptors (Lipinski definition) is 2. The van der Waals surface area contributed by atoms with Crippen molar-refractivity contribution in [2.24, 2.45) is 4.99 Å². The van der Waals surface area contributed by atoms with Gasteiger partial charge in [-0.15, -0.1) is 0 Å². The second-order valence-electron chi connectivity index (χ2n) is 1.92. The summed E-state index contributed by atoms with van der Waals surface area (Å²) in [6, 6.07) is 2.61. The lowest BCUT2D eigenvalue weighted by Gasteiger charge is -1.98. The molecule has 0 heterocycles. The summed E-state index contributed by atoms with van der Waals surface area (Å²) in [5, 5.41) is 2.37. The number of nitrogens with zero attached hydrogens (tertiary/aromatic N) is 1. The maximum absolute atomic E-state index is 12.8. The quantitative estimate of drug-likeness (QED) is 0.425. The summed E-state index contributed by atoms with van der Waals surface area (Å²) in [7, 11) is 0. The average molecular weight is 267 g/mol. The normalized spacial score (nSPS) is 9.25. The molecule has 62 valence electrons. The molecule has 0 N–H and O–H groups in total. The number of thiocarbonyl (C=S) groups is 1. The Balaban J connectivity index is 3.32. The minimum absolute atomic E-state index is 0.216. The standard InChI is InChI=1S/C7H2BrClFNS/c8-4-1-7(11-3-12)5(9)2-6(4)10/h1-2H. The summed E-state index contributed by atoms with van der Waals surface area (Å²) in [6.45, 7) is 0. The minimum Gasteiger partial charge on any atom is -0.206 e. The molecule has 0 spiro atoms. The van der Waals surface area contributed by atoms with Crippen molar-refractivity contribution in [2.75, 3.05) is 0 Å². The Morgan fingerprint density at radius 3 is 2.83 bits per heavy atom. The number of isothiocyanates is 1. The van der Waals surface area contributed by atoms with Crippen LogP contribution in [-0.2, 0) is 0 Å². The van der Waals surface area contributed by atoms with Crippen molar-refractivity contribution >= 4 is 50.6 Å². The average Bonchev–Trinajstić information content (AvgIpc) is 2.01. The van der Waals surface area contributed by atoms with Crippen molar-refractivity contribution in [1.29, 1.82) is 0 Å². The van der Waals surface area contributed by atoms with Crippen molar-refractivity contribution in [1.82, 2.24) is 0 Å². The smallest absolute Gasteiger partial charge is 0.139 e. The first kappa shape index (κ1) is 9.81. The molecule has 0 aliphatic heterocycles. The highest BCUT2D eigenvalue weighted by molar-refractivity contribution is 9.10. The maximum Gasteiger partial charge on any atom is 0.139 e. The van der Waals surface area contributed by atoms with Gasteiger partial charge in [0, 0.05) is 0 Å². The Kier molecular flexibility index (Phi) is 3.35. The van der Waals surface area contributed by atoms with Crippen molar-refractivity contribution in [3.63, 3.8) is 0 Å². The van der Waals surface area contributed by atoms with Gasteiger partial charge in [0.2, 0.25) is 0 Å². The van der Waals surface area contributed by atoms with E-state index in [-0.39, 0.29) is 5.02 Å². The largest absolute Gasteiger partial charge is 0.206 e. The highest BCUT2D eigenvalue weighted by Gasteiger charge is 2.04. The van der Waals surface area contributed by atoms with E-state index in [2.05, 4.69) is 38.3 Å². The molecule has 0 aromatic heterocycles. The third-order valence-electron chi connectivity index (χ3n) is 1.16. The Labute approximate surface area is 87.4 Å². The molecule has 5 heteroatoms. The summed E-state index contributed by atoms with van der Waals surface area (Å²) in [4.78, 5) is 3.64. The third-order valence-corrected chi connectivity index (χ3v) is 2.16. The zero-order chi connectivity index (χ0) is 9.14. The van der Waals surface area contributed by atoms with Crippen LogP contribution in [0.15, 0.2) is 21.6 Å². The summed E-state index contributed by atoms with van der Waals surface area (Å²) in [5.74, 6) is -0.427. The molecule has 0 amide bonds. The van der Waals surface area contributed by atoms with E-state index < -0.39 is 5.82 Å². The number of rotatable bonds is 1. The van der Waals surface area contributed by atoms with E-state index in [9.17, 15) is 4.39 Å².